The number of nitrogens with one attached hydrogen (secondary N) is 3. The van der Waals surface area contributed by atoms with Gasteiger partial charge in [0.1, 0.15) is 100 Å². The number of primary amides is 1. The number of rotatable bonds is 12. The second-order valence-corrected chi connectivity index (χ2v) is 28.3. The summed E-state index contributed by atoms with van der Waals surface area (Å²) < 4.78 is 0. The van der Waals surface area contributed by atoms with Gasteiger partial charge in [-0.25, -0.2) is 34.9 Å². The number of carboxylic acid groups (broad SMARTS) is 2. The molecule has 10 bridgehead atoms. The maximum atomic E-state index is 15.2. The Morgan fingerprint density at radius 3 is 2.03 bits per heavy atom. The SMILES string of the molecule is Cc1sc2nc1C(=O)N[C@@H]([C@H](O)c1ccccc1)c1nc(cs1)C(=O)N[C@@H](Cc1ccc(O)cc1)C(=O)N1C[C@H](O)[C@H](C)[C@H]1c1nc(cs1)-c1nc(cs1)-c1nc(-c3nc(C(=O)N(CC(=O)O)C4CCC(C(=O)O)CC4)cs3)ccc1-c1nc(cs1)C(=O)N[C@H]2CC(N)=O. The normalized spacial score (nSPS) is 21.3. The third-order valence-electron chi connectivity index (χ3n) is 16.5. The van der Waals surface area contributed by atoms with E-state index in [0.717, 1.165) is 45.3 Å². The third kappa shape index (κ3) is 13.8. The Balaban J connectivity index is 0.938. The van der Waals surface area contributed by atoms with Crippen molar-refractivity contribution in [1.29, 1.82) is 0 Å². The van der Waals surface area contributed by atoms with E-state index in [1.165, 1.54) is 60.7 Å². The van der Waals surface area contributed by atoms with Gasteiger partial charge in [0, 0.05) is 62.3 Å². The highest BCUT2D eigenvalue weighted by molar-refractivity contribution is 7.15. The van der Waals surface area contributed by atoms with Crippen LogP contribution < -0.4 is 21.7 Å². The molecular weight excluding hydrogens is 1330 g/mol. The summed E-state index contributed by atoms with van der Waals surface area (Å²) in [6, 6.07) is 12.9. The number of aromatic nitrogens is 7. The maximum absolute atomic E-state index is 15.2. The van der Waals surface area contributed by atoms with Crippen LogP contribution in [0.5, 0.6) is 5.75 Å². The second-order valence-electron chi connectivity index (χ2n) is 22.7. The standard InChI is InChI=1S/C62H57N13O13S6/c1-27-43(77)20-75-49(27)59-70-41(25-93-59)56-67-38(22-90-56)47-34(16-17-35(64-47)55-71-42(26-91-55)61(86)74(21-45(79)80)32-12-10-31(11-13-32)62(87)88)54-68-39(23-89-54)51(82)65-36(19-44(63)78)57-73-46(28(2)94-57)53(84)72-48(50(81)30-6-4-3-5-7-30)58-69-40(24-92-58)52(83)66-37(60(75)85)18-29-8-14-33(76)15-9-29/h3-9,14-17,22-27,31-32,36-37,43,48-50,76-77,81H,10-13,18-21H2,1-2H3,(H2,63,78)(H,65,82)(H,66,83)(H,72,84)(H,79,80)(H,87,88)/t27-,31?,32?,36-,37-,43-,48-,49-,50+/m0/s1. The molecule has 1 aliphatic carbocycles. The predicted molar refractivity (Wildman–Crippen MR) is 348 cm³/mol. The van der Waals surface area contributed by atoms with E-state index in [2.05, 4.69) is 30.9 Å². The van der Waals surface area contributed by atoms with Crippen LogP contribution in [0.25, 0.3) is 43.4 Å². The smallest absolute Gasteiger partial charge is 0.323 e. The number of aliphatic hydroxyl groups excluding tert-OH is 2. The number of phenolic OH excluding ortho intramolecular Hbond substituents is 1. The fourth-order valence-electron chi connectivity index (χ4n) is 11.6. The van der Waals surface area contributed by atoms with Crippen LogP contribution in [0.1, 0.15) is 136 Å². The number of pyridine rings is 1. The first-order valence-electron chi connectivity index (χ1n) is 29.4. The van der Waals surface area contributed by atoms with Gasteiger partial charge in [0.2, 0.25) is 11.8 Å². The zero-order valence-corrected chi connectivity index (χ0v) is 54.5. The monoisotopic (exact) mass is 1380 g/mol. The lowest BCUT2D eigenvalue weighted by Gasteiger charge is -2.34. The molecule has 10 N–H and O–H groups in total. The molecule has 2 fully saturated rings. The number of nitrogens with zero attached hydrogens (tertiary/aromatic N) is 9. The number of phenols is 1. The molecule has 94 heavy (non-hydrogen) atoms. The van der Waals surface area contributed by atoms with Crippen molar-refractivity contribution in [1.82, 2.24) is 60.6 Å². The lowest BCUT2D eigenvalue weighted by atomic mass is 9.85. The molecule has 0 radical (unpaired) electrons. The average Bonchev–Trinajstić information content (AvgIpc) is 1.64. The van der Waals surface area contributed by atoms with Gasteiger partial charge in [0.15, 0.2) is 0 Å². The highest BCUT2D eigenvalue weighted by Crippen LogP contribution is 2.43. The number of carboxylic acids is 2. The van der Waals surface area contributed by atoms with Crippen LogP contribution in [0.15, 0.2) is 93.6 Å². The fourth-order valence-corrected chi connectivity index (χ4v) is 16.9. The lowest BCUT2D eigenvalue weighted by Crippen LogP contribution is -2.50. The minimum Gasteiger partial charge on any atom is -0.508 e. The number of hydrogen-bond acceptors (Lipinski definition) is 24. The van der Waals surface area contributed by atoms with Gasteiger partial charge in [-0.05, 0) is 68.0 Å². The van der Waals surface area contributed by atoms with Crippen LogP contribution in [0.4, 0.5) is 0 Å². The van der Waals surface area contributed by atoms with Crippen LogP contribution in [-0.4, -0.2) is 149 Å². The van der Waals surface area contributed by atoms with Gasteiger partial charge in [-0.15, -0.1) is 68.0 Å². The van der Waals surface area contributed by atoms with E-state index in [4.69, 9.17) is 25.7 Å². The van der Waals surface area contributed by atoms with Crippen molar-refractivity contribution in [2.45, 2.75) is 94.8 Å². The number of aryl methyl sites for hydroxylation is 1. The van der Waals surface area contributed by atoms with Gasteiger partial charge in [-0.3, -0.25) is 38.4 Å². The number of aliphatic carboxylic acids is 2. The van der Waals surface area contributed by atoms with Gasteiger partial charge in [-0.1, -0.05) is 49.4 Å². The highest BCUT2D eigenvalue weighted by Gasteiger charge is 2.46. The molecule has 7 aromatic heterocycles. The average molecular weight is 1380 g/mol. The van der Waals surface area contributed by atoms with Gasteiger partial charge in [-0.2, -0.15) is 0 Å². The molecule has 484 valence electrons. The lowest BCUT2D eigenvalue weighted by molar-refractivity contribution is -0.144. The summed E-state index contributed by atoms with van der Waals surface area (Å²) in [5.74, 6) is -7.64. The number of thiazole rings is 6. The molecule has 12 rings (SSSR count). The van der Waals surface area contributed by atoms with Gasteiger partial charge in [0.25, 0.3) is 23.6 Å². The second kappa shape index (κ2) is 27.4. The Morgan fingerprint density at radius 1 is 0.670 bits per heavy atom. The highest BCUT2D eigenvalue weighted by atomic mass is 32.1. The summed E-state index contributed by atoms with van der Waals surface area (Å²) in [4.78, 5) is 146. The van der Waals surface area contributed by atoms with Crippen LogP contribution in [0.2, 0.25) is 0 Å². The first-order valence-corrected chi connectivity index (χ1v) is 34.6. The largest absolute Gasteiger partial charge is 0.508 e. The van der Waals surface area contributed by atoms with Gasteiger partial charge < -0.3 is 57.0 Å². The summed E-state index contributed by atoms with van der Waals surface area (Å²) in [7, 11) is 0. The molecule has 6 amide bonds. The molecule has 9 heterocycles. The van der Waals surface area contributed by atoms with Gasteiger partial charge in [0.05, 0.1) is 36.2 Å². The summed E-state index contributed by atoms with van der Waals surface area (Å²) in [6.45, 7) is 2.66. The van der Waals surface area contributed by atoms with Crippen LogP contribution in [-0.2, 0) is 25.6 Å². The summed E-state index contributed by atoms with van der Waals surface area (Å²) in [5, 5.41) is 71.5. The number of aliphatic hydroxyl groups is 2. The molecule has 3 aliphatic rings. The zero-order valence-electron chi connectivity index (χ0n) is 49.6. The van der Waals surface area contributed by atoms with Crippen molar-refractivity contribution in [3.8, 4) is 49.1 Å². The van der Waals surface area contributed by atoms with E-state index in [-0.39, 0.29) is 80.7 Å². The molecule has 0 spiro atoms. The molecular formula is C62H57N13O13S6. The van der Waals surface area contributed by atoms with Crippen molar-refractivity contribution in [3.05, 3.63) is 147 Å². The Bertz CT molecular complexity index is 4390. The third-order valence-corrected chi connectivity index (χ3v) is 22.0. The van der Waals surface area contributed by atoms with E-state index in [9.17, 15) is 59.1 Å². The van der Waals surface area contributed by atoms with Crippen LogP contribution in [0.3, 0.4) is 0 Å². The van der Waals surface area contributed by atoms with E-state index >= 15 is 4.79 Å². The maximum Gasteiger partial charge on any atom is 0.323 e. The topological polar surface area (TPSA) is 397 Å². The summed E-state index contributed by atoms with van der Waals surface area (Å²) >= 11 is 6.64. The Morgan fingerprint density at radius 2 is 1.31 bits per heavy atom. The number of carbonyl (C=O) groups is 8. The molecule has 7 atom stereocenters. The zero-order chi connectivity index (χ0) is 66.2. The molecule has 1 saturated heterocycles. The number of aromatic hydroxyl groups is 1. The van der Waals surface area contributed by atoms with Crippen molar-refractivity contribution in [2.75, 3.05) is 13.1 Å². The van der Waals surface area contributed by atoms with Gasteiger partial charge >= 0.3 is 11.9 Å². The van der Waals surface area contributed by atoms with Crippen molar-refractivity contribution >= 4 is 115 Å². The van der Waals surface area contributed by atoms with E-state index < -0.39 is 115 Å². The first-order chi connectivity index (χ1) is 45.1. The number of carbonyl (C=O) groups excluding carboxylic acids is 6. The number of nitrogens with two attached hydrogens (primary N) is 1. The van der Waals surface area contributed by atoms with E-state index in [0.29, 0.717) is 60.8 Å². The summed E-state index contributed by atoms with van der Waals surface area (Å²) in [5.41, 5.74) is 8.07. The Kier molecular flexibility index (Phi) is 18.9. The fraction of sp³-hybridized carbons (Fsp3) is 0.306. The van der Waals surface area contributed by atoms with Crippen molar-refractivity contribution < 1.29 is 63.9 Å². The quantitative estimate of drug-likeness (QED) is 0.0573. The Hall–Kier alpha value is -9.15. The van der Waals surface area contributed by atoms with Crippen LogP contribution >= 0.6 is 68.0 Å². The first kappa shape index (κ1) is 64.9. The number of fused-ring (bicyclic) bond motifs is 16. The minimum atomic E-state index is -1.43. The number of amides is 6. The minimum absolute atomic E-state index is 0.0211. The Labute approximate surface area is 558 Å². The summed E-state index contributed by atoms with van der Waals surface area (Å²) in [6.07, 6.45) is -1.80. The van der Waals surface area contributed by atoms with Crippen molar-refractivity contribution in [3.63, 3.8) is 0 Å². The van der Waals surface area contributed by atoms with E-state index in [1.807, 2.05) is 0 Å². The predicted octanol–water partition coefficient (Wildman–Crippen LogP) is 7.46. The molecule has 1 saturated carbocycles. The molecule has 32 heteroatoms. The molecule has 0 unspecified atom stereocenters. The van der Waals surface area contributed by atoms with Crippen LogP contribution in [0, 0.1) is 18.8 Å². The van der Waals surface area contributed by atoms with E-state index in [1.54, 1.807) is 79.2 Å². The van der Waals surface area contributed by atoms with Crippen molar-refractivity contribution in [2.24, 2.45) is 17.6 Å². The molecule has 9 aromatic rings. The number of hydrogen-bond donors (Lipinski definition) is 9. The molecule has 26 nitrogen and oxygen atoms in total. The molecule has 2 aliphatic heterocycles. The molecule has 2 aromatic carbocycles. The number of benzene rings is 2.